The summed E-state index contributed by atoms with van der Waals surface area (Å²) in [6.45, 7) is 3.58. The molecule has 5 heavy (non-hydrogen) atoms. The topological polar surface area (TPSA) is 0 Å². The van der Waals surface area contributed by atoms with Crippen molar-refractivity contribution in [1.29, 1.82) is 0 Å². The zero-order valence-electron chi connectivity index (χ0n) is 2.95. The molecule has 0 aliphatic carbocycles. The first-order valence-electron chi connectivity index (χ1n) is 1.46. The van der Waals surface area contributed by atoms with Gasteiger partial charge in [-0.15, -0.1) is 0 Å². The van der Waals surface area contributed by atoms with Gasteiger partial charge in [0.25, 0.3) is 0 Å². The lowest BCUT2D eigenvalue weighted by Crippen LogP contribution is -1.41. The highest BCUT2D eigenvalue weighted by atomic mass is 127. The van der Waals surface area contributed by atoms with Crippen LogP contribution in [0.2, 0.25) is 0 Å². The molecule has 0 fully saturated rings. The van der Waals surface area contributed by atoms with Gasteiger partial charge in [-0.3, -0.25) is 0 Å². The maximum Gasteiger partial charge on any atom is -0.0274 e. The number of rotatable bonds is 1. The van der Waals surface area contributed by atoms with Crippen LogP contribution in [0.25, 0.3) is 0 Å². The van der Waals surface area contributed by atoms with Crippen molar-refractivity contribution >= 4 is 22.6 Å². The monoisotopic (exact) mass is 181 g/mol. The molecule has 0 aromatic rings. The molecule has 29 valence electrons. The Hall–Kier alpha value is 0.470. The molecule has 0 bridgehead atoms. The van der Waals surface area contributed by atoms with Gasteiger partial charge in [0, 0.05) is 0 Å². The van der Waals surface area contributed by atoms with Gasteiger partial charge in [-0.1, -0.05) is 28.7 Å². The fourth-order valence-electron chi connectivity index (χ4n) is 0.0630. The minimum Gasteiger partial charge on any atom is -0.0785 e. The van der Waals surface area contributed by atoms with Gasteiger partial charge in [0.2, 0.25) is 0 Å². The minimum atomic E-state index is 0.906. The number of halogens is 1. The molecule has 0 unspecified atom stereocenters. The summed E-state index contributed by atoms with van der Waals surface area (Å²) in [5.41, 5.74) is 0. The molecule has 0 heterocycles. The van der Waals surface area contributed by atoms with Gasteiger partial charge < -0.3 is 0 Å². The molecule has 0 nitrogen and oxygen atoms in total. The Balaban J connectivity index is 2.62. The highest BCUT2D eigenvalue weighted by Crippen LogP contribution is 1.84. The summed E-state index contributed by atoms with van der Waals surface area (Å²) in [4.78, 5) is 0. The first-order chi connectivity index (χ1) is 2.41. The zero-order chi connectivity index (χ0) is 4.12. The van der Waals surface area contributed by atoms with Crippen LogP contribution in [0.15, 0.2) is 10.2 Å². The van der Waals surface area contributed by atoms with E-state index in [2.05, 4.69) is 29.5 Å². The second-order valence-electron chi connectivity index (χ2n) is 0.650. The average Bonchev–Trinajstić information content (AvgIpc) is 1.41. The first kappa shape index (κ1) is 5.47. The lowest BCUT2D eigenvalue weighted by molar-refractivity contribution is 1.42. The summed E-state index contributed by atoms with van der Waals surface area (Å²) in [6, 6.07) is 0. The second-order valence-corrected chi connectivity index (χ2v) is 1.37. The molecule has 0 rings (SSSR count). The molecule has 0 aliphatic rings. The average molecular weight is 181 g/mol. The Bertz CT molecular complexity index is 30.6. The van der Waals surface area contributed by atoms with Crippen LogP contribution >= 0.6 is 22.6 Å². The summed E-state index contributed by atoms with van der Waals surface area (Å²) in [5.74, 6) is 0. The lowest BCUT2D eigenvalue weighted by Gasteiger charge is -1.63. The molecule has 0 saturated heterocycles. The maximum absolute atomic E-state index is 3.58. The van der Waals surface area contributed by atoms with Crippen LogP contribution in [0.3, 0.4) is 0 Å². The molecule has 0 atom stereocenters. The van der Waals surface area contributed by atoms with Crippen molar-refractivity contribution in [1.82, 2.24) is 0 Å². The lowest BCUT2D eigenvalue weighted by atomic mass is 10.5. The SMILES string of the molecule is [CH2]CC=CI. The van der Waals surface area contributed by atoms with Crippen LogP contribution in [0.1, 0.15) is 6.42 Å². The van der Waals surface area contributed by atoms with Gasteiger partial charge in [0.1, 0.15) is 0 Å². The van der Waals surface area contributed by atoms with Crippen LogP contribution in [-0.2, 0) is 0 Å². The standard InChI is InChI=1S/C4H6I/c1-2-3-4-5/h3-4H,1-2H2. The third kappa shape index (κ3) is 4.47. The third-order valence-electron chi connectivity index (χ3n) is 0.256. The van der Waals surface area contributed by atoms with E-state index in [4.69, 9.17) is 0 Å². The molecule has 0 amide bonds. The van der Waals surface area contributed by atoms with Gasteiger partial charge in [0.05, 0.1) is 0 Å². The Morgan fingerprint density at radius 2 is 2.40 bits per heavy atom. The van der Waals surface area contributed by atoms with E-state index in [1.165, 1.54) is 0 Å². The molecular weight excluding hydrogens is 175 g/mol. The Morgan fingerprint density at radius 1 is 1.80 bits per heavy atom. The van der Waals surface area contributed by atoms with Crippen molar-refractivity contribution < 1.29 is 0 Å². The van der Waals surface area contributed by atoms with E-state index in [1.807, 2.05) is 10.2 Å². The molecule has 0 saturated carbocycles. The van der Waals surface area contributed by atoms with Crippen LogP contribution in [0.4, 0.5) is 0 Å². The summed E-state index contributed by atoms with van der Waals surface area (Å²) in [5, 5.41) is 0. The van der Waals surface area contributed by atoms with Crippen molar-refractivity contribution in [3.05, 3.63) is 17.1 Å². The van der Waals surface area contributed by atoms with Gasteiger partial charge in [-0.25, -0.2) is 0 Å². The predicted molar refractivity (Wildman–Crippen MR) is 33.1 cm³/mol. The summed E-state index contributed by atoms with van der Waals surface area (Å²) >= 11 is 2.17. The Kier molecular flexibility index (Phi) is 4.89. The largest absolute Gasteiger partial charge is 0.0785 e. The van der Waals surface area contributed by atoms with Gasteiger partial charge in [-0.2, -0.15) is 0 Å². The van der Waals surface area contributed by atoms with E-state index < -0.39 is 0 Å². The van der Waals surface area contributed by atoms with E-state index in [1.54, 1.807) is 0 Å². The third-order valence-corrected chi connectivity index (χ3v) is 0.764. The maximum atomic E-state index is 3.58. The molecule has 0 spiro atoms. The van der Waals surface area contributed by atoms with Crippen molar-refractivity contribution in [3.8, 4) is 0 Å². The predicted octanol–water partition coefficient (Wildman–Crippen LogP) is 2.16. The van der Waals surface area contributed by atoms with Crippen LogP contribution in [0, 0.1) is 6.92 Å². The number of hydrogen-bond donors (Lipinski definition) is 0. The molecule has 0 aliphatic heterocycles. The fraction of sp³-hybridized carbons (Fsp3) is 0.250. The van der Waals surface area contributed by atoms with E-state index >= 15 is 0 Å². The molecule has 1 heteroatoms. The van der Waals surface area contributed by atoms with Gasteiger partial charge in [0.15, 0.2) is 0 Å². The summed E-state index contributed by atoms with van der Waals surface area (Å²) < 4.78 is 1.96. The van der Waals surface area contributed by atoms with Crippen LogP contribution in [-0.4, -0.2) is 0 Å². The smallest absolute Gasteiger partial charge is 0.0274 e. The second kappa shape index (κ2) is 4.47. The van der Waals surface area contributed by atoms with Crippen molar-refractivity contribution in [2.45, 2.75) is 6.42 Å². The van der Waals surface area contributed by atoms with Crippen molar-refractivity contribution in [2.75, 3.05) is 0 Å². The molecule has 0 aromatic carbocycles. The fourth-order valence-corrected chi connectivity index (χ4v) is 0.423. The minimum absolute atomic E-state index is 0.906. The number of hydrogen-bond acceptors (Lipinski definition) is 0. The van der Waals surface area contributed by atoms with Gasteiger partial charge >= 0.3 is 0 Å². The van der Waals surface area contributed by atoms with Crippen LogP contribution < -0.4 is 0 Å². The van der Waals surface area contributed by atoms with E-state index in [9.17, 15) is 0 Å². The highest BCUT2D eigenvalue weighted by molar-refractivity contribution is 14.1. The number of allylic oxidation sites excluding steroid dienone is 1. The summed E-state index contributed by atoms with van der Waals surface area (Å²) in [6.07, 6.45) is 2.91. The normalized spacial score (nSPS) is 10.0. The summed E-state index contributed by atoms with van der Waals surface area (Å²) in [7, 11) is 0. The van der Waals surface area contributed by atoms with Gasteiger partial charge in [-0.05, 0) is 17.4 Å². The highest BCUT2D eigenvalue weighted by Gasteiger charge is 1.53. The molecule has 0 N–H and O–H groups in total. The Morgan fingerprint density at radius 3 is 2.40 bits per heavy atom. The molecule has 0 aromatic heterocycles. The molecule has 1 radical (unpaired) electrons. The van der Waals surface area contributed by atoms with Crippen molar-refractivity contribution in [3.63, 3.8) is 0 Å². The first-order valence-corrected chi connectivity index (χ1v) is 2.71. The molecular formula is C4H6I. The van der Waals surface area contributed by atoms with E-state index in [0.717, 1.165) is 6.42 Å². The Labute approximate surface area is 46.4 Å². The zero-order valence-corrected chi connectivity index (χ0v) is 5.10. The quantitative estimate of drug-likeness (QED) is 0.543. The van der Waals surface area contributed by atoms with Crippen molar-refractivity contribution in [2.24, 2.45) is 0 Å². The van der Waals surface area contributed by atoms with E-state index in [-0.39, 0.29) is 0 Å². The van der Waals surface area contributed by atoms with Crippen LogP contribution in [0.5, 0.6) is 0 Å². The van der Waals surface area contributed by atoms with E-state index in [0.29, 0.717) is 0 Å².